The lowest BCUT2D eigenvalue weighted by molar-refractivity contribution is -0.111. The van der Waals surface area contributed by atoms with Crippen LogP contribution < -0.4 is 4.74 Å². The quantitative estimate of drug-likeness (QED) is 0.616. The maximum Gasteiger partial charge on any atom is 0.185 e. The van der Waals surface area contributed by atoms with Crippen molar-refractivity contribution in [3.8, 4) is 5.75 Å². The average molecular weight is 184 g/mol. The van der Waals surface area contributed by atoms with Gasteiger partial charge < -0.3 is 4.74 Å². The van der Waals surface area contributed by atoms with Crippen LogP contribution in [0.5, 0.6) is 5.75 Å². The summed E-state index contributed by atoms with van der Waals surface area (Å²) in [5.74, 6) is 0.908. The molecule has 0 radical (unpaired) electrons. The smallest absolute Gasteiger partial charge is 0.185 e. The van der Waals surface area contributed by atoms with Crippen LogP contribution >= 0.6 is 0 Å². The predicted molar refractivity (Wildman–Crippen MR) is 53.0 cm³/mol. The van der Waals surface area contributed by atoms with E-state index in [1.165, 1.54) is 0 Å². The van der Waals surface area contributed by atoms with Crippen molar-refractivity contribution >= 4 is 11.9 Å². The summed E-state index contributed by atoms with van der Waals surface area (Å²) < 4.78 is 5.65. The van der Waals surface area contributed by atoms with E-state index in [2.05, 4.69) is 0 Å². The van der Waals surface area contributed by atoms with Gasteiger partial charge in [0.05, 0.1) is 0 Å². The van der Waals surface area contributed by atoms with Gasteiger partial charge >= 0.3 is 0 Å². The number of ketones is 1. The SMILES string of the molecule is O=C1C=CC2Oc3ccccc3C=C12. The van der Waals surface area contributed by atoms with E-state index in [-0.39, 0.29) is 11.9 Å². The zero-order chi connectivity index (χ0) is 9.54. The molecule has 0 N–H and O–H groups in total. The fourth-order valence-corrected chi connectivity index (χ4v) is 1.78. The molecule has 0 amide bonds. The normalized spacial score (nSPS) is 22.4. The van der Waals surface area contributed by atoms with E-state index < -0.39 is 0 Å². The molecule has 1 unspecified atom stereocenters. The molecule has 1 aromatic carbocycles. The van der Waals surface area contributed by atoms with Crippen LogP contribution in [0.2, 0.25) is 0 Å². The molecule has 1 aliphatic carbocycles. The van der Waals surface area contributed by atoms with Gasteiger partial charge in [-0.05, 0) is 24.3 Å². The van der Waals surface area contributed by atoms with Gasteiger partial charge in [0, 0.05) is 11.1 Å². The molecule has 1 aromatic rings. The van der Waals surface area contributed by atoms with Gasteiger partial charge in [-0.25, -0.2) is 0 Å². The first kappa shape index (κ1) is 7.56. The second-order valence-corrected chi connectivity index (χ2v) is 3.40. The van der Waals surface area contributed by atoms with Crippen LogP contribution in [0.4, 0.5) is 0 Å². The molecule has 0 aromatic heterocycles. The van der Waals surface area contributed by atoms with Crippen LogP contribution in [-0.4, -0.2) is 11.9 Å². The van der Waals surface area contributed by atoms with E-state index in [0.29, 0.717) is 0 Å². The topological polar surface area (TPSA) is 26.3 Å². The lowest BCUT2D eigenvalue weighted by Gasteiger charge is -2.20. The minimum Gasteiger partial charge on any atom is -0.481 e. The van der Waals surface area contributed by atoms with Gasteiger partial charge in [0.25, 0.3) is 0 Å². The van der Waals surface area contributed by atoms with Gasteiger partial charge in [0.2, 0.25) is 0 Å². The maximum atomic E-state index is 11.4. The Balaban J connectivity index is 2.16. The monoisotopic (exact) mass is 184 g/mol. The van der Waals surface area contributed by atoms with Crippen molar-refractivity contribution < 1.29 is 9.53 Å². The molecule has 1 atom stereocenters. The molecule has 2 aliphatic rings. The van der Waals surface area contributed by atoms with E-state index in [1.54, 1.807) is 12.2 Å². The molecule has 14 heavy (non-hydrogen) atoms. The van der Waals surface area contributed by atoms with E-state index in [9.17, 15) is 4.79 Å². The lowest BCUT2D eigenvalue weighted by atomic mass is 10.0. The number of rotatable bonds is 0. The highest BCUT2D eigenvalue weighted by atomic mass is 16.5. The van der Waals surface area contributed by atoms with E-state index in [4.69, 9.17) is 4.74 Å². The maximum absolute atomic E-state index is 11.4. The summed E-state index contributed by atoms with van der Waals surface area (Å²) in [6.45, 7) is 0. The minimum atomic E-state index is -0.169. The highest BCUT2D eigenvalue weighted by molar-refractivity contribution is 6.11. The van der Waals surface area contributed by atoms with E-state index in [0.717, 1.165) is 16.9 Å². The minimum absolute atomic E-state index is 0.0597. The Bertz CT molecular complexity index is 469. The second-order valence-electron chi connectivity index (χ2n) is 3.40. The zero-order valence-corrected chi connectivity index (χ0v) is 7.44. The van der Waals surface area contributed by atoms with Crippen molar-refractivity contribution in [2.24, 2.45) is 0 Å². The third kappa shape index (κ3) is 0.940. The Hall–Kier alpha value is -1.83. The van der Waals surface area contributed by atoms with Gasteiger partial charge in [-0.1, -0.05) is 18.2 Å². The van der Waals surface area contributed by atoms with Crippen molar-refractivity contribution in [2.75, 3.05) is 0 Å². The Morgan fingerprint density at radius 3 is 3.00 bits per heavy atom. The van der Waals surface area contributed by atoms with Crippen LogP contribution in [0.15, 0.2) is 42.0 Å². The fraction of sp³-hybridized carbons (Fsp3) is 0.0833. The number of fused-ring (bicyclic) bond motifs is 2. The molecule has 3 rings (SSSR count). The molecular formula is C12H8O2. The number of carbonyl (C=O) groups is 1. The van der Waals surface area contributed by atoms with Gasteiger partial charge in [-0.15, -0.1) is 0 Å². The lowest BCUT2D eigenvalue weighted by Crippen LogP contribution is -2.19. The molecule has 2 nitrogen and oxygen atoms in total. The number of benzene rings is 1. The number of para-hydroxylation sites is 1. The number of allylic oxidation sites excluding steroid dienone is 1. The van der Waals surface area contributed by atoms with Crippen molar-refractivity contribution in [3.05, 3.63) is 47.6 Å². The largest absolute Gasteiger partial charge is 0.481 e. The molecule has 0 fully saturated rings. The molecule has 0 bridgehead atoms. The number of hydrogen-bond acceptors (Lipinski definition) is 2. The molecule has 1 aliphatic heterocycles. The number of hydrogen-bond donors (Lipinski definition) is 0. The molecule has 0 saturated heterocycles. The Morgan fingerprint density at radius 1 is 1.21 bits per heavy atom. The van der Waals surface area contributed by atoms with Gasteiger partial charge in [0.15, 0.2) is 5.78 Å². The fourth-order valence-electron chi connectivity index (χ4n) is 1.78. The summed E-state index contributed by atoms with van der Waals surface area (Å²) in [5, 5.41) is 0. The number of carbonyl (C=O) groups excluding carboxylic acids is 1. The van der Waals surface area contributed by atoms with E-state index >= 15 is 0 Å². The third-order valence-corrected chi connectivity index (χ3v) is 2.50. The summed E-state index contributed by atoms with van der Waals surface area (Å²) in [4.78, 5) is 11.4. The standard InChI is InChI=1S/C12H8O2/c13-10-5-6-12-9(10)7-8-3-1-2-4-11(8)14-12/h1-7,12H. The second kappa shape index (κ2) is 2.58. The first-order valence-electron chi connectivity index (χ1n) is 4.54. The van der Waals surface area contributed by atoms with Crippen LogP contribution in [0.25, 0.3) is 6.08 Å². The summed E-state index contributed by atoms with van der Waals surface area (Å²) in [6, 6.07) is 7.73. The Morgan fingerprint density at radius 2 is 2.07 bits per heavy atom. The summed E-state index contributed by atoms with van der Waals surface area (Å²) in [7, 11) is 0. The molecule has 1 heterocycles. The van der Waals surface area contributed by atoms with Gasteiger partial charge in [-0.2, -0.15) is 0 Å². The van der Waals surface area contributed by atoms with Crippen LogP contribution in [-0.2, 0) is 4.79 Å². The van der Waals surface area contributed by atoms with E-state index in [1.807, 2.05) is 30.3 Å². The molecule has 0 spiro atoms. The highest BCUT2D eigenvalue weighted by Crippen LogP contribution is 2.32. The summed E-state index contributed by atoms with van der Waals surface area (Å²) in [5.41, 5.74) is 1.72. The summed E-state index contributed by atoms with van der Waals surface area (Å²) in [6.07, 6.45) is 5.11. The molecule has 0 saturated carbocycles. The highest BCUT2D eigenvalue weighted by Gasteiger charge is 2.28. The van der Waals surface area contributed by atoms with Crippen LogP contribution in [0.3, 0.4) is 0 Å². The molecule has 68 valence electrons. The Labute approximate surface area is 81.5 Å². The summed E-state index contributed by atoms with van der Waals surface area (Å²) >= 11 is 0. The van der Waals surface area contributed by atoms with Gasteiger partial charge in [0.1, 0.15) is 11.9 Å². The first-order chi connectivity index (χ1) is 6.84. The molecular weight excluding hydrogens is 176 g/mol. The average Bonchev–Trinajstić information content (AvgIpc) is 2.57. The zero-order valence-electron chi connectivity index (χ0n) is 7.44. The number of ether oxygens (including phenoxy) is 1. The molecule has 2 heteroatoms. The van der Waals surface area contributed by atoms with Crippen LogP contribution in [0.1, 0.15) is 5.56 Å². The van der Waals surface area contributed by atoms with Crippen molar-refractivity contribution in [1.29, 1.82) is 0 Å². The van der Waals surface area contributed by atoms with Crippen molar-refractivity contribution in [1.82, 2.24) is 0 Å². The van der Waals surface area contributed by atoms with Crippen molar-refractivity contribution in [2.45, 2.75) is 6.10 Å². The van der Waals surface area contributed by atoms with Crippen molar-refractivity contribution in [3.63, 3.8) is 0 Å². The van der Waals surface area contributed by atoms with Gasteiger partial charge in [-0.3, -0.25) is 4.79 Å². The third-order valence-electron chi connectivity index (χ3n) is 2.50. The first-order valence-corrected chi connectivity index (χ1v) is 4.54. The predicted octanol–water partition coefficient (Wildman–Crippen LogP) is 1.97. The van der Waals surface area contributed by atoms with Crippen LogP contribution in [0, 0.1) is 0 Å². The Kier molecular flexibility index (Phi) is 1.39.